The van der Waals surface area contributed by atoms with Gasteiger partial charge >= 0.3 is 0 Å². The minimum atomic E-state index is -0.243. The Kier molecular flexibility index (Phi) is 1.83. The van der Waals surface area contributed by atoms with Gasteiger partial charge in [-0.2, -0.15) is 0 Å². The van der Waals surface area contributed by atoms with Crippen molar-refractivity contribution < 1.29 is 10.2 Å². The number of β-amino-alcohol motifs (C(OH)–C–C–N with tert-alkyl or cyclic N) is 1. The molecule has 1 fully saturated rings. The molecule has 3 heteroatoms. The lowest BCUT2D eigenvalue weighted by atomic mass is 10.2. The van der Waals surface area contributed by atoms with Gasteiger partial charge in [0.1, 0.15) is 0 Å². The molecule has 0 amide bonds. The van der Waals surface area contributed by atoms with Crippen molar-refractivity contribution in [2.75, 3.05) is 13.2 Å². The van der Waals surface area contributed by atoms with Crippen LogP contribution in [-0.4, -0.2) is 35.5 Å². The van der Waals surface area contributed by atoms with Crippen LogP contribution in [0, 0.1) is 0 Å². The summed E-state index contributed by atoms with van der Waals surface area (Å²) in [5.41, 5.74) is 0. The average Bonchev–Trinajstić information content (AvgIpc) is 2.14. The highest BCUT2D eigenvalue weighted by Crippen LogP contribution is 2.03. The first kappa shape index (κ1) is 6.01. The van der Waals surface area contributed by atoms with Crippen LogP contribution in [0.1, 0.15) is 6.42 Å². The predicted molar refractivity (Wildman–Crippen MR) is 29.5 cm³/mol. The van der Waals surface area contributed by atoms with Gasteiger partial charge in [-0.05, 0) is 6.42 Å². The highest BCUT2D eigenvalue weighted by Gasteiger charge is 2.20. The number of hydrogen-bond donors (Lipinski definition) is 3. The van der Waals surface area contributed by atoms with Gasteiger partial charge in [-0.1, -0.05) is 0 Å². The standard InChI is InChI=1S/C5H11NO2/c7-3-4-1-5(8)2-6-4/h4-8H,1-3H2/t4?,5-/m0/s1. The first-order chi connectivity index (χ1) is 3.83. The van der Waals surface area contributed by atoms with Gasteiger partial charge in [0.15, 0.2) is 0 Å². The van der Waals surface area contributed by atoms with Crippen LogP contribution in [0.25, 0.3) is 0 Å². The Hall–Kier alpha value is -0.120. The lowest BCUT2D eigenvalue weighted by molar-refractivity contribution is 0.184. The first-order valence-corrected chi connectivity index (χ1v) is 2.85. The Bertz CT molecular complexity index is 76.8. The summed E-state index contributed by atoms with van der Waals surface area (Å²) >= 11 is 0. The molecule has 1 rings (SSSR count). The van der Waals surface area contributed by atoms with Crippen LogP contribution < -0.4 is 5.32 Å². The van der Waals surface area contributed by atoms with Crippen LogP contribution >= 0.6 is 0 Å². The molecule has 0 aliphatic carbocycles. The lowest BCUT2D eigenvalue weighted by Gasteiger charge is -2.01. The van der Waals surface area contributed by atoms with Gasteiger partial charge < -0.3 is 15.5 Å². The molecule has 0 saturated carbocycles. The molecule has 3 nitrogen and oxygen atoms in total. The van der Waals surface area contributed by atoms with Crippen LogP contribution in [0.3, 0.4) is 0 Å². The summed E-state index contributed by atoms with van der Waals surface area (Å²) in [6.07, 6.45) is 0.448. The summed E-state index contributed by atoms with van der Waals surface area (Å²) in [5, 5.41) is 20.3. The molecule has 1 aliphatic rings. The molecule has 1 unspecified atom stereocenters. The minimum absolute atomic E-state index is 0.130. The van der Waals surface area contributed by atoms with Crippen LogP contribution in [-0.2, 0) is 0 Å². The van der Waals surface area contributed by atoms with Crippen molar-refractivity contribution in [2.24, 2.45) is 0 Å². The van der Waals surface area contributed by atoms with Crippen LogP contribution in [0.4, 0.5) is 0 Å². The maximum atomic E-state index is 8.86. The summed E-state index contributed by atoms with van der Waals surface area (Å²) in [6, 6.07) is 0.130. The Morgan fingerprint density at radius 1 is 1.62 bits per heavy atom. The Balaban J connectivity index is 2.22. The van der Waals surface area contributed by atoms with E-state index in [1.807, 2.05) is 0 Å². The first-order valence-electron chi connectivity index (χ1n) is 2.85. The SMILES string of the molecule is OCC1C[C@H](O)CN1. The van der Waals surface area contributed by atoms with Crippen molar-refractivity contribution in [2.45, 2.75) is 18.6 Å². The third-order valence-electron chi connectivity index (χ3n) is 1.42. The summed E-state index contributed by atoms with van der Waals surface area (Å²) < 4.78 is 0. The van der Waals surface area contributed by atoms with E-state index in [-0.39, 0.29) is 18.8 Å². The quantitative estimate of drug-likeness (QED) is 0.400. The fourth-order valence-corrected chi connectivity index (χ4v) is 0.937. The van der Waals surface area contributed by atoms with E-state index in [2.05, 4.69) is 5.32 Å². The fourth-order valence-electron chi connectivity index (χ4n) is 0.937. The molecule has 1 heterocycles. The highest BCUT2D eigenvalue weighted by molar-refractivity contribution is 4.79. The second kappa shape index (κ2) is 2.44. The number of aliphatic hydroxyl groups is 2. The zero-order valence-electron chi connectivity index (χ0n) is 4.67. The van der Waals surface area contributed by atoms with Crippen LogP contribution in [0.2, 0.25) is 0 Å². The number of hydrogen-bond acceptors (Lipinski definition) is 3. The molecular formula is C5H11NO2. The van der Waals surface area contributed by atoms with Gasteiger partial charge in [-0.15, -0.1) is 0 Å². The molecule has 0 aromatic heterocycles. The molecule has 0 bridgehead atoms. The van der Waals surface area contributed by atoms with E-state index in [1.165, 1.54) is 0 Å². The molecule has 8 heavy (non-hydrogen) atoms. The average molecular weight is 117 g/mol. The summed E-state index contributed by atoms with van der Waals surface area (Å²) in [6.45, 7) is 0.766. The van der Waals surface area contributed by atoms with Crippen molar-refractivity contribution in [3.63, 3.8) is 0 Å². The lowest BCUT2D eigenvalue weighted by Crippen LogP contribution is -2.24. The highest BCUT2D eigenvalue weighted by atomic mass is 16.3. The van der Waals surface area contributed by atoms with Gasteiger partial charge in [0.05, 0.1) is 12.7 Å². The maximum Gasteiger partial charge on any atom is 0.0680 e. The van der Waals surface area contributed by atoms with Crippen molar-refractivity contribution in [3.05, 3.63) is 0 Å². The van der Waals surface area contributed by atoms with Crippen molar-refractivity contribution in [1.82, 2.24) is 5.32 Å². The van der Waals surface area contributed by atoms with Crippen molar-refractivity contribution in [3.8, 4) is 0 Å². The van der Waals surface area contributed by atoms with E-state index in [9.17, 15) is 0 Å². The summed E-state index contributed by atoms with van der Waals surface area (Å²) in [7, 11) is 0. The minimum Gasteiger partial charge on any atom is -0.395 e. The summed E-state index contributed by atoms with van der Waals surface area (Å²) in [4.78, 5) is 0. The Morgan fingerprint density at radius 2 is 2.38 bits per heavy atom. The molecular weight excluding hydrogens is 106 g/mol. The number of aliphatic hydroxyl groups excluding tert-OH is 2. The van der Waals surface area contributed by atoms with E-state index in [4.69, 9.17) is 10.2 Å². The molecule has 0 aromatic rings. The van der Waals surface area contributed by atoms with Gasteiger partial charge in [-0.3, -0.25) is 0 Å². The van der Waals surface area contributed by atoms with E-state index in [0.717, 1.165) is 0 Å². The van der Waals surface area contributed by atoms with E-state index in [1.54, 1.807) is 0 Å². The van der Waals surface area contributed by atoms with E-state index >= 15 is 0 Å². The molecule has 1 aliphatic heterocycles. The second-order valence-corrected chi connectivity index (χ2v) is 2.18. The number of rotatable bonds is 1. The largest absolute Gasteiger partial charge is 0.395 e. The molecule has 0 aromatic carbocycles. The fraction of sp³-hybridized carbons (Fsp3) is 1.00. The van der Waals surface area contributed by atoms with Crippen molar-refractivity contribution >= 4 is 0 Å². The van der Waals surface area contributed by atoms with Gasteiger partial charge in [-0.25, -0.2) is 0 Å². The third-order valence-corrected chi connectivity index (χ3v) is 1.42. The predicted octanol–water partition coefficient (Wildman–Crippen LogP) is -1.30. The Morgan fingerprint density at radius 3 is 2.62 bits per heavy atom. The monoisotopic (exact) mass is 117 g/mol. The third kappa shape index (κ3) is 1.18. The molecule has 0 spiro atoms. The topological polar surface area (TPSA) is 52.5 Å². The summed E-state index contributed by atoms with van der Waals surface area (Å²) in [5.74, 6) is 0. The normalized spacial score (nSPS) is 38.2. The Labute approximate surface area is 48.3 Å². The molecule has 3 N–H and O–H groups in total. The van der Waals surface area contributed by atoms with Crippen LogP contribution in [0.15, 0.2) is 0 Å². The van der Waals surface area contributed by atoms with Gasteiger partial charge in [0.2, 0.25) is 0 Å². The zero-order valence-corrected chi connectivity index (χ0v) is 4.67. The zero-order chi connectivity index (χ0) is 5.98. The van der Waals surface area contributed by atoms with Gasteiger partial charge in [0.25, 0.3) is 0 Å². The molecule has 1 saturated heterocycles. The van der Waals surface area contributed by atoms with Gasteiger partial charge in [0, 0.05) is 12.6 Å². The number of nitrogens with one attached hydrogen (secondary N) is 1. The van der Waals surface area contributed by atoms with Crippen molar-refractivity contribution in [1.29, 1.82) is 0 Å². The molecule has 0 radical (unpaired) electrons. The molecule has 48 valence electrons. The molecule has 2 atom stereocenters. The maximum absolute atomic E-state index is 8.86. The smallest absolute Gasteiger partial charge is 0.0680 e. The van der Waals surface area contributed by atoms with Crippen LogP contribution in [0.5, 0.6) is 0 Å². The van der Waals surface area contributed by atoms with E-state index in [0.29, 0.717) is 13.0 Å². The second-order valence-electron chi connectivity index (χ2n) is 2.18. The van der Waals surface area contributed by atoms with E-state index < -0.39 is 0 Å².